The number of amides is 3. The van der Waals surface area contributed by atoms with Crippen LogP contribution in [0.5, 0.6) is 11.5 Å². The van der Waals surface area contributed by atoms with Crippen LogP contribution in [0.4, 0.5) is 4.79 Å². The first-order valence-electron chi connectivity index (χ1n) is 11.1. The second-order valence-corrected chi connectivity index (χ2v) is 8.01. The van der Waals surface area contributed by atoms with Crippen LogP contribution in [0.1, 0.15) is 51.1 Å². The maximum absolute atomic E-state index is 13.4. The molecule has 1 atom stereocenters. The number of carbonyl (C=O) groups excluding carboxylic acids is 2. The van der Waals surface area contributed by atoms with Crippen LogP contribution in [0.2, 0.25) is 0 Å². The van der Waals surface area contributed by atoms with Crippen molar-refractivity contribution in [1.82, 2.24) is 14.7 Å². The lowest BCUT2D eigenvalue weighted by atomic mass is 9.94. The Balaban J connectivity index is 1.68. The van der Waals surface area contributed by atoms with Crippen LogP contribution < -0.4 is 9.47 Å². The molecule has 1 aromatic rings. The van der Waals surface area contributed by atoms with E-state index in [0.29, 0.717) is 26.2 Å². The number of methoxy groups -OCH3 is 2. The molecule has 0 spiro atoms. The molecule has 2 heterocycles. The Bertz CT molecular complexity index is 742. The van der Waals surface area contributed by atoms with Crippen molar-refractivity contribution < 1.29 is 19.1 Å². The quantitative estimate of drug-likeness (QED) is 0.710. The highest BCUT2D eigenvalue weighted by Gasteiger charge is 2.37. The van der Waals surface area contributed by atoms with Crippen LogP contribution in [-0.4, -0.2) is 73.6 Å². The molecule has 0 radical (unpaired) electrons. The molecule has 2 saturated heterocycles. The minimum Gasteiger partial charge on any atom is -0.497 e. The molecule has 0 saturated carbocycles. The summed E-state index contributed by atoms with van der Waals surface area (Å²) in [4.78, 5) is 31.7. The van der Waals surface area contributed by atoms with Crippen LogP contribution in [0.3, 0.4) is 0 Å². The minimum atomic E-state index is -0.0250. The molecule has 3 rings (SSSR count). The zero-order valence-electron chi connectivity index (χ0n) is 18.7. The molecule has 7 heteroatoms. The van der Waals surface area contributed by atoms with Crippen molar-refractivity contribution in [3.8, 4) is 11.5 Å². The van der Waals surface area contributed by atoms with E-state index in [0.717, 1.165) is 49.3 Å². The maximum atomic E-state index is 13.4. The zero-order valence-corrected chi connectivity index (χ0v) is 18.7. The van der Waals surface area contributed by atoms with Gasteiger partial charge in [0, 0.05) is 44.2 Å². The van der Waals surface area contributed by atoms with Crippen molar-refractivity contribution in [1.29, 1.82) is 0 Å². The van der Waals surface area contributed by atoms with Crippen LogP contribution in [0, 0.1) is 5.92 Å². The van der Waals surface area contributed by atoms with Crippen LogP contribution >= 0.6 is 0 Å². The smallest absolute Gasteiger partial charge is 0.319 e. The lowest BCUT2D eigenvalue weighted by Gasteiger charge is -2.37. The van der Waals surface area contributed by atoms with Gasteiger partial charge in [0.2, 0.25) is 5.91 Å². The maximum Gasteiger partial charge on any atom is 0.319 e. The molecule has 0 bridgehead atoms. The molecule has 1 unspecified atom stereocenters. The highest BCUT2D eigenvalue weighted by molar-refractivity contribution is 5.80. The third-order valence-corrected chi connectivity index (χ3v) is 6.48. The second kappa shape index (κ2) is 10.0. The average molecular weight is 418 g/mol. The van der Waals surface area contributed by atoms with Crippen LogP contribution in [0.25, 0.3) is 0 Å². The van der Waals surface area contributed by atoms with E-state index in [-0.39, 0.29) is 23.9 Å². The van der Waals surface area contributed by atoms with Gasteiger partial charge >= 0.3 is 6.03 Å². The number of likely N-dealkylation sites (tertiary alicyclic amines) is 2. The Morgan fingerprint density at radius 1 is 1.03 bits per heavy atom. The van der Waals surface area contributed by atoms with E-state index in [2.05, 4.69) is 0 Å². The fourth-order valence-electron chi connectivity index (χ4n) is 4.70. The SMILES string of the molecule is CCN(CC)C(=O)N1CCC(C(=O)N2CCCC2c2cc(OC)ccc2OC)CC1. The monoisotopic (exact) mass is 417 g/mol. The molecule has 2 aliphatic rings. The number of hydrogen-bond donors (Lipinski definition) is 0. The van der Waals surface area contributed by atoms with Gasteiger partial charge in [0.05, 0.1) is 20.3 Å². The largest absolute Gasteiger partial charge is 0.497 e. The van der Waals surface area contributed by atoms with Crippen molar-refractivity contribution in [3.05, 3.63) is 23.8 Å². The number of carbonyl (C=O) groups is 2. The highest BCUT2D eigenvalue weighted by Crippen LogP contribution is 2.40. The van der Waals surface area contributed by atoms with Crippen LogP contribution in [0.15, 0.2) is 18.2 Å². The Hall–Kier alpha value is -2.44. The number of rotatable bonds is 6. The van der Waals surface area contributed by atoms with Gasteiger partial charge < -0.3 is 24.2 Å². The Morgan fingerprint density at radius 3 is 2.33 bits per heavy atom. The number of urea groups is 1. The summed E-state index contributed by atoms with van der Waals surface area (Å²) in [6, 6.07) is 5.88. The molecule has 0 aliphatic carbocycles. The standard InChI is InChI=1S/C23H35N3O4/c1-5-24(6-2)23(28)25-14-11-17(12-15-25)22(27)26-13-7-8-20(26)19-16-18(29-3)9-10-21(19)30-4/h9-10,16-17,20H,5-8,11-15H2,1-4H3. The Labute approximate surface area is 179 Å². The average Bonchev–Trinajstić information content (AvgIpc) is 3.28. The van der Waals surface area contributed by atoms with Crippen molar-refractivity contribution in [2.75, 3.05) is 46.9 Å². The minimum absolute atomic E-state index is 0.0119. The van der Waals surface area contributed by atoms with Gasteiger partial charge in [-0.3, -0.25) is 4.79 Å². The van der Waals surface area contributed by atoms with Gasteiger partial charge in [-0.2, -0.15) is 0 Å². The summed E-state index contributed by atoms with van der Waals surface area (Å²) in [6.07, 6.45) is 3.36. The number of nitrogens with zero attached hydrogens (tertiary/aromatic N) is 3. The molecular formula is C23H35N3O4. The van der Waals surface area contributed by atoms with Gasteiger partial charge in [-0.15, -0.1) is 0 Å². The third-order valence-electron chi connectivity index (χ3n) is 6.48. The molecule has 2 aliphatic heterocycles. The predicted octanol–water partition coefficient (Wildman–Crippen LogP) is 3.54. The third kappa shape index (κ3) is 4.50. The van der Waals surface area contributed by atoms with Gasteiger partial charge in [-0.1, -0.05) is 0 Å². The summed E-state index contributed by atoms with van der Waals surface area (Å²) >= 11 is 0. The second-order valence-electron chi connectivity index (χ2n) is 8.01. The molecule has 7 nitrogen and oxygen atoms in total. The summed E-state index contributed by atoms with van der Waals surface area (Å²) in [5, 5.41) is 0. The normalized spacial score (nSPS) is 19.7. The van der Waals surface area contributed by atoms with Crippen molar-refractivity contribution in [2.24, 2.45) is 5.92 Å². The first-order chi connectivity index (χ1) is 14.5. The molecule has 1 aromatic carbocycles. The molecule has 0 N–H and O–H groups in total. The molecule has 166 valence electrons. The van der Waals surface area contributed by atoms with Gasteiger partial charge in [0.25, 0.3) is 0 Å². The van der Waals surface area contributed by atoms with E-state index in [1.54, 1.807) is 14.2 Å². The molecule has 0 aromatic heterocycles. The lowest BCUT2D eigenvalue weighted by molar-refractivity contribution is -0.137. The summed E-state index contributed by atoms with van der Waals surface area (Å²) in [6.45, 7) is 7.48. The van der Waals surface area contributed by atoms with Crippen molar-refractivity contribution >= 4 is 11.9 Å². The Kier molecular flexibility index (Phi) is 7.45. The van der Waals surface area contributed by atoms with Gasteiger partial charge in [0.15, 0.2) is 0 Å². The van der Waals surface area contributed by atoms with Crippen LogP contribution in [-0.2, 0) is 4.79 Å². The number of hydrogen-bond acceptors (Lipinski definition) is 4. The molecule has 2 fully saturated rings. The fraction of sp³-hybridized carbons (Fsp3) is 0.652. The van der Waals surface area contributed by atoms with E-state index in [1.165, 1.54) is 0 Å². The first-order valence-corrected chi connectivity index (χ1v) is 11.1. The van der Waals surface area contributed by atoms with Gasteiger partial charge in [0.1, 0.15) is 11.5 Å². The first kappa shape index (κ1) is 22.2. The van der Waals surface area contributed by atoms with E-state index in [1.807, 2.05) is 46.7 Å². The molecule has 30 heavy (non-hydrogen) atoms. The van der Waals surface area contributed by atoms with Crippen molar-refractivity contribution in [3.63, 3.8) is 0 Å². The molecular weight excluding hydrogens is 382 g/mol. The van der Waals surface area contributed by atoms with Gasteiger partial charge in [-0.25, -0.2) is 4.79 Å². The summed E-state index contributed by atoms with van der Waals surface area (Å²) in [5.41, 5.74) is 1.01. The van der Waals surface area contributed by atoms with E-state index in [4.69, 9.17) is 9.47 Å². The summed E-state index contributed by atoms with van der Waals surface area (Å²) in [5.74, 6) is 1.74. The van der Waals surface area contributed by atoms with E-state index < -0.39 is 0 Å². The zero-order chi connectivity index (χ0) is 21.7. The number of benzene rings is 1. The fourth-order valence-corrected chi connectivity index (χ4v) is 4.70. The summed E-state index contributed by atoms with van der Waals surface area (Å²) < 4.78 is 11.0. The lowest BCUT2D eigenvalue weighted by Crippen LogP contribution is -2.48. The van der Waals surface area contributed by atoms with E-state index in [9.17, 15) is 9.59 Å². The van der Waals surface area contributed by atoms with Gasteiger partial charge in [-0.05, 0) is 57.7 Å². The van der Waals surface area contributed by atoms with E-state index >= 15 is 0 Å². The topological polar surface area (TPSA) is 62.3 Å². The highest BCUT2D eigenvalue weighted by atomic mass is 16.5. The number of ether oxygens (including phenoxy) is 2. The summed E-state index contributed by atoms with van der Waals surface area (Å²) in [7, 11) is 3.31. The Morgan fingerprint density at radius 2 is 1.73 bits per heavy atom. The predicted molar refractivity (Wildman–Crippen MR) is 116 cm³/mol. The molecule has 3 amide bonds. The number of piperidine rings is 1. The van der Waals surface area contributed by atoms with Crippen molar-refractivity contribution in [2.45, 2.75) is 45.6 Å².